The number of nitrogens with zero attached hydrogens (tertiary/aromatic N) is 4. The maximum Gasteiger partial charge on any atom is 0.277 e. The van der Waals surface area contributed by atoms with Crippen LogP contribution in [-0.4, -0.2) is 25.7 Å². The second-order valence-electron chi connectivity index (χ2n) is 3.02. The Morgan fingerprint density at radius 2 is 2.19 bits per heavy atom. The maximum absolute atomic E-state index is 11.7. The molecule has 2 aromatic heterocycles. The summed E-state index contributed by atoms with van der Waals surface area (Å²) in [5.74, 6) is -0.150. The van der Waals surface area contributed by atoms with E-state index in [4.69, 9.17) is 11.6 Å². The van der Waals surface area contributed by atoms with Gasteiger partial charge in [0.25, 0.3) is 5.91 Å². The van der Waals surface area contributed by atoms with Crippen LogP contribution in [0.5, 0.6) is 0 Å². The van der Waals surface area contributed by atoms with Crippen molar-refractivity contribution in [3.8, 4) is 0 Å². The van der Waals surface area contributed by atoms with Gasteiger partial charge in [0.2, 0.25) is 0 Å². The van der Waals surface area contributed by atoms with E-state index < -0.39 is 0 Å². The maximum atomic E-state index is 11.7. The topological polar surface area (TPSA) is 72.7 Å². The normalized spacial score (nSPS) is 10.1. The van der Waals surface area contributed by atoms with Crippen molar-refractivity contribution < 1.29 is 4.79 Å². The molecule has 0 unspecified atom stereocenters. The SMILES string of the molecule is Cn1ccc(C(=O)Nc2nccnc2Cl)n1. The van der Waals surface area contributed by atoms with Crippen molar-refractivity contribution in [2.24, 2.45) is 7.05 Å². The summed E-state index contributed by atoms with van der Waals surface area (Å²) in [7, 11) is 1.73. The van der Waals surface area contributed by atoms with Gasteiger partial charge in [0.15, 0.2) is 16.7 Å². The minimum Gasteiger partial charge on any atom is -0.303 e. The molecule has 0 aliphatic carbocycles. The fourth-order valence-corrected chi connectivity index (χ4v) is 1.27. The molecule has 0 saturated carbocycles. The number of hydrogen-bond acceptors (Lipinski definition) is 4. The first-order valence-corrected chi connectivity index (χ1v) is 4.82. The standard InChI is InChI=1S/C9H8ClN5O/c1-15-5-2-6(14-15)9(16)13-8-7(10)11-3-4-12-8/h2-5H,1H3,(H,12,13,16). The molecule has 7 heteroatoms. The van der Waals surface area contributed by atoms with E-state index in [0.717, 1.165) is 0 Å². The van der Waals surface area contributed by atoms with Crippen molar-refractivity contribution in [1.82, 2.24) is 19.7 Å². The highest BCUT2D eigenvalue weighted by molar-refractivity contribution is 6.32. The first-order valence-electron chi connectivity index (χ1n) is 4.44. The molecular formula is C9H8ClN5O. The lowest BCUT2D eigenvalue weighted by molar-refractivity contribution is 0.102. The van der Waals surface area contributed by atoms with Crippen LogP contribution < -0.4 is 5.32 Å². The first-order chi connectivity index (χ1) is 7.66. The third-order valence-corrected chi connectivity index (χ3v) is 2.11. The minimum absolute atomic E-state index is 0.145. The Bertz CT molecular complexity index is 524. The number of anilines is 1. The molecule has 2 rings (SSSR count). The van der Waals surface area contributed by atoms with Crippen LogP contribution in [0.25, 0.3) is 0 Å². The highest BCUT2D eigenvalue weighted by Crippen LogP contribution is 2.14. The molecule has 0 aromatic carbocycles. The highest BCUT2D eigenvalue weighted by atomic mass is 35.5. The quantitative estimate of drug-likeness (QED) is 0.849. The van der Waals surface area contributed by atoms with Crippen LogP contribution >= 0.6 is 11.6 Å². The number of aromatic nitrogens is 4. The van der Waals surface area contributed by atoms with Crippen molar-refractivity contribution in [3.63, 3.8) is 0 Å². The predicted molar refractivity (Wildman–Crippen MR) is 58.2 cm³/mol. The molecule has 0 spiro atoms. The summed E-state index contributed by atoms with van der Waals surface area (Å²) in [6, 6.07) is 1.60. The number of hydrogen-bond donors (Lipinski definition) is 1. The fraction of sp³-hybridized carbons (Fsp3) is 0.111. The Kier molecular flexibility index (Phi) is 2.82. The van der Waals surface area contributed by atoms with Crippen LogP contribution in [0.4, 0.5) is 5.82 Å². The molecule has 0 radical (unpaired) electrons. The number of halogens is 1. The van der Waals surface area contributed by atoms with Crippen molar-refractivity contribution in [3.05, 3.63) is 35.5 Å². The van der Waals surface area contributed by atoms with E-state index in [9.17, 15) is 4.79 Å². The fourth-order valence-electron chi connectivity index (χ4n) is 1.11. The Labute approximate surface area is 96.3 Å². The molecule has 0 fully saturated rings. The summed E-state index contributed by atoms with van der Waals surface area (Å²) in [6.45, 7) is 0. The number of rotatable bonds is 2. The summed E-state index contributed by atoms with van der Waals surface area (Å²) in [5, 5.41) is 6.61. The highest BCUT2D eigenvalue weighted by Gasteiger charge is 2.11. The van der Waals surface area contributed by atoms with E-state index in [-0.39, 0.29) is 16.9 Å². The van der Waals surface area contributed by atoms with Gasteiger partial charge in [-0.15, -0.1) is 0 Å². The molecule has 0 saturated heterocycles. The van der Waals surface area contributed by atoms with E-state index in [1.54, 1.807) is 19.3 Å². The molecule has 2 aromatic rings. The van der Waals surface area contributed by atoms with E-state index in [0.29, 0.717) is 5.69 Å². The summed E-state index contributed by atoms with van der Waals surface area (Å²) in [6.07, 6.45) is 4.56. The van der Waals surface area contributed by atoms with Gasteiger partial charge >= 0.3 is 0 Å². The number of aryl methyl sites for hydroxylation is 1. The van der Waals surface area contributed by atoms with Gasteiger partial charge in [-0.3, -0.25) is 9.48 Å². The summed E-state index contributed by atoms with van der Waals surface area (Å²) in [4.78, 5) is 19.3. The zero-order valence-corrected chi connectivity index (χ0v) is 9.14. The summed E-state index contributed by atoms with van der Waals surface area (Å²) >= 11 is 5.75. The molecular weight excluding hydrogens is 230 g/mol. The number of carbonyl (C=O) groups excluding carboxylic acids is 1. The summed E-state index contributed by atoms with van der Waals surface area (Å²) in [5.41, 5.74) is 0.296. The van der Waals surface area contributed by atoms with E-state index in [1.165, 1.54) is 17.1 Å². The minimum atomic E-state index is -0.372. The lowest BCUT2D eigenvalue weighted by Gasteiger charge is -2.02. The van der Waals surface area contributed by atoms with Gasteiger partial charge in [-0.1, -0.05) is 11.6 Å². The molecule has 1 amide bonds. The van der Waals surface area contributed by atoms with Gasteiger partial charge in [0.1, 0.15) is 0 Å². The van der Waals surface area contributed by atoms with Crippen LogP contribution in [0.15, 0.2) is 24.7 Å². The van der Waals surface area contributed by atoms with Gasteiger partial charge in [-0.05, 0) is 6.07 Å². The van der Waals surface area contributed by atoms with Gasteiger partial charge in [0, 0.05) is 25.6 Å². The number of carbonyl (C=O) groups is 1. The molecule has 0 atom stereocenters. The molecule has 0 bridgehead atoms. The van der Waals surface area contributed by atoms with Crippen LogP contribution in [0.3, 0.4) is 0 Å². The lowest BCUT2D eigenvalue weighted by Crippen LogP contribution is -2.14. The first kappa shape index (κ1) is 10.6. The molecule has 0 aliphatic rings. The number of nitrogens with one attached hydrogen (secondary N) is 1. The lowest BCUT2D eigenvalue weighted by atomic mass is 10.4. The van der Waals surface area contributed by atoms with Crippen molar-refractivity contribution >= 4 is 23.3 Å². The third kappa shape index (κ3) is 2.17. The zero-order valence-electron chi connectivity index (χ0n) is 8.38. The van der Waals surface area contributed by atoms with Gasteiger partial charge < -0.3 is 5.32 Å². The molecule has 0 aliphatic heterocycles. The smallest absolute Gasteiger partial charge is 0.277 e. The molecule has 2 heterocycles. The Morgan fingerprint density at radius 3 is 2.81 bits per heavy atom. The molecule has 6 nitrogen and oxygen atoms in total. The predicted octanol–water partition coefficient (Wildman–Crippen LogP) is 1.12. The molecule has 16 heavy (non-hydrogen) atoms. The van der Waals surface area contributed by atoms with Crippen molar-refractivity contribution in [2.45, 2.75) is 0 Å². The zero-order chi connectivity index (χ0) is 11.5. The van der Waals surface area contributed by atoms with Gasteiger partial charge in [0.05, 0.1) is 0 Å². The third-order valence-electron chi connectivity index (χ3n) is 1.83. The van der Waals surface area contributed by atoms with Crippen LogP contribution in [0, 0.1) is 0 Å². The van der Waals surface area contributed by atoms with Crippen LogP contribution in [0.1, 0.15) is 10.5 Å². The number of amides is 1. The summed E-state index contributed by atoms with van der Waals surface area (Å²) < 4.78 is 1.53. The van der Waals surface area contributed by atoms with Crippen LogP contribution in [-0.2, 0) is 7.05 Å². The average Bonchev–Trinajstić information content (AvgIpc) is 2.68. The van der Waals surface area contributed by atoms with Gasteiger partial charge in [-0.2, -0.15) is 5.10 Å². The second kappa shape index (κ2) is 4.28. The van der Waals surface area contributed by atoms with E-state index >= 15 is 0 Å². The van der Waals surface area contributed by atoms with Crippen molar-refractivity contribution in [1.29, 1.82) is 0 Å². The van der Waals surface area contributed by atoms with E-state index in [1.807, 2.05) is 0 Å². The Balaban J connectivity index is 2.17. The van der Waals surface area contributed by atoms with Crippen LogP contribution in [0.2, 0.25) is 5.15 Å². The second-order valence-corrected chi connectivity index (χ2v) is 3.38. The average molecular weight is 238 g/mol. The Morgan fingerprint density at radius 1 is 1.44 bits per heavy atom. The molecule has 82 valence electrons. The largest absolute Gasteiger partial charge is 0.303 e. The monoisotopic (exact) mass is 237 g/mol. The van der Waals surface area contributed by atoms with Crippen molar-refractivity contribution in [2.75, 3.05) is 5.32 Å². The molecule has 1 N–H and O–H groups in total. The van der Waals surface area contributed by atoms with Gasteiger partial charge in [-0.25, -0.2) is 9.97 Å². The Hall–Kier alpha value is -1.95. The van der Waals surface area contributed by atoms with E-state index in [2.05, 4.69) is 20.4 Å².